The Morgan fingerprint density at radius 2 is 2.29 bits per heavy atom. The van der Waals surface area contributed by atoms with Crippen LogP contribution in [0.15, 0.2) is 30.6 Å². The lowest BCUT2D eigenvalue weighted by Crippen LogP contribution is -2.38. The zero-order valence-electron chi connectivity index (χ0n) is 13.0. The smallest absolute Gasteiger partial charge is 0.137 e. The van der Waals surface area contributed by atoms with Gasteiger partial charge in [-0.15, -0.1) is 0 Å². The molecule has 1 N–H and O–H groups in total. The van der Waals surface area contributed by atoms with Crippen molar-refractivity contribution in [3.63, 3.8) is 0 Å². The summed E-state index contributed by atoms with van der Waals surface area (Å²) in [4.78, 5) is 7.24. The van der Waals surface area contributed by atoms with Crippen LogP contribution < -0.4 is 5.32 Å². The third-order valence-electron chi connectivity index (χ3n) is 4.46. The van der Waals surface area contributed by atoms with Gasteiger partial charge in [0, 0.05) is 25.0 Å². The van der Waals surface area contributed by atoms with E-state index in [2.05, 4.69) is 32.7 Å². The molecule has 1 fully saturated rings. The second-order valence-corrected chi connectivity index (χ2v) is 6.11. The summed E-state index contributed by atoms with van der Waals surface area (Å²) in [5.74, 6) is 0. The van der Waals surface area contributed by atoms with Gasteiger partial charge in [-0.05, 0) is 58.0 Å². The van der Waals surface area contributed by atoms with Gasteiger partial charge >= 0.3 is 0 Å². The van der Waals surface area contributed by atoms with E-state index >= 15 is 0 Å². The van der Waals surface area contributed by atoms with Crippen molar-refractivity contribution in [2.75, 3.05) is 19.6 Å². The van der Waals surface area contributed by atoms with E-state index in [0.29, 0.717) is 0 Å². The summed E-state index contributed by atoms with van der Waals surface area (Å²) in [6, 6.07) is 6.88. The molecular formula is C17H26N4. The van der Waals surface area contributed by atoms with Gasteiger partial charge in [0.2, 0.25) is 0 Å². The highest BCUT2D eigenvalue weighted by Crippen LogP contribution is 2.16. The minimum absolute atomic E-state index is 0.775. The van der Waals surface area contributed by atoms with Crippen molar-refractivity contribution in [3.8, 4) is 0 Å². The molecule has 21 heavy (non-hydrogen) atoms. The van der Waals surface area contributed by atoms with E-state index in [4.69, 9.17) is 0 Å². The molecule has 114 valence electrons. The summed E-state index contributed by atoms with van der Waals surface area (Å²) >= 11 is 0. The number of nitrogens with one attached hydrogen (secondary N) is 1. The fourth-order valence-electron chi connectivity index (χ4n) is 3.19. The Bertz CT molecular complexity index is 530. The van der Waals surface area contributed by atoms with Crippen LogP contribution >= 0.6 is 0 Å². The summed E-state index contributed by atoms with van der Waals surface area (Å²) in [6.07, 6.45) is 9.52. The maximum atomic E-state index is 4.60. The summed E-state index contributed by atoms with van der Waals surface area (Å²) < 4.78 is 2.08. The van der Waals surface area contributed by atoms with Gasteiger partial charge in [0.15, 0.2) is 0 Å². The van der Waals surface area contributed by atoms with Gasteiger partial charge < -0.3 is 14.6 Å². The fourth-order valence-corrected chi connectivity index (χ4v) is 3.19. The normalized spacial score (nSPS) is 20.1. The number of pyridine rings is 1. The lowest BCUT2D eigenvalue weighted by Gasteiger charge is -2.33. The van der Waals surface area contributed by atoms with E-state index in [1.54, 1.807) is 0 Å². The van der Waals surface area contributed by atoms with Gasteiger partial charge in [0.1, 0.15) is 5.65 Å². The Morgan fingerprint density at radius 1 is 1.33 bits per heavy atom. The molecule has 1 saturated heterocycles. The van der Waals surface area contributed by atoms with Crippen molar-refractivity contribution in [3.05, 3.63) is 36.3 Å². The number of hydrogen-bond acceptors (Lipinski definition) is 3. The molecule has 4 nitrogen and oxygen atoms in total. The quantitative estimate of drug-likeness (QED) is 0.829. The summed E-state index contributed by atoms with van der Waals surface area (Å²) in [6.45, 7) is 6.80. The van der Waals surface area contributed by atoms with Crippen molar-refractivity contribution >= 4 is 5.65 Å². The average Bonchev–Trinajstić information content (AvgIpc) is 2.91. The van der Waals surface area contributed by atoms with Gasteiger partial charge in [-0.3, -0.25) is 0 Å². The molecular weight excluding hydrogens is 260 g/mol. The fraction of sp³-hybridized carbons (Fsp3) is 0.588. The van der Waals surface area contributed by atoms with Gasteiger partial charge in [-0.1, -0.05) is 12.5 Å². The van der Waals surface area contributed by atoms with E-state index < -0.39 is 0 Å². The number of aromatic nitrogens is 2. The second-order valence-electron chi connectivity index (χ2n) is 6.11. The van der Waals surface area contributed by atoms with Crippen LogP contribution in [-0.4, -0.2) is 40.0 Å². The molecule has 3 rings (SSSR count). The highest BCUT2D eigenvalue weighted by Gasteiger charge is 2.16. The Labute approximate surface area is 127 Å². The first-order valence-electron chi connectivity index (χ1n) is 8.20. The molecule has 1 aliphatic rings. The molecule has 1 atom stereocenters. The van der Waals surface area contributed by atoms with Crippen LogP contribution in [0.5, 0.6) is 0 Å². The highest BCUT2D eigenvalue weighted by atomic mass is 15.2. The predicted octanol–water partition coefficient (Wildman–Crippen LogP) is 2.69. The maximum Gasteiger partial charge on any atom is 0.137 e. The van der Waals surface area contributed by atoms with Crippen molar-refractivity contribution in [2.24, 2.45) is 0 Å². The van der Waals surface area contributed by atoms with Crippen molar-refractivity contribution < 1.29 is 0 Å². The Morgan fingerprint density at radius 3 is 3.14 bits per heavy atom. The van der Waals surface area contributed by atoms with E-state index in [-0.39, 0.29) is 0 Å². The van der Waals surface area contributed by atoms with Crippen LogP contribution in [0.1, 0.15) is 38.3 Å². The lowest BCUT2D eigenvalue weighted by atomic mass is 10.0. The third kappa shape index (κ3) is 3.83. The van der Waals surface area contributed by atoms with E-state index in [0.717, 1.165) is 30.5 Å². The Balaban J connectivity index is 1.38. The highest BCUT2D eigenvalue weighted by molar-refractivity contribution is 5.39. The molecule has 0 saturated carbocycles. The van der Waals surface area contributed by atoms with E-state index in [1.807, 2.05) is 24.4 Å². The molecule has 0 aliphatic carbocycles. The monoisotopic (exact) mass is 286 g/mol. The number of fused-ring (bicyclic) bond motifs is 1. The number of nitrogens with zero attached hydrogens (tertiary/aromatic N) is 3. The first-order valence-corrected chi connectivity index (χ1v) is 8.20. The minimum Gasteiger partial charge on any atom is -0.311 e. The first kappa shape index (κ1) is 14.5. The topological polar surface area (TPSA) is 32.6 Å². The van der Waals surface area contributed by atoms with Crippen molar-refractivity contribution in [2.45, 2.75) is 45.2 Å². The summed E-state index contributed by atoms with van der Waals surface area (Å²) in [5, 5.41) is 3.51. The summed E-state index contributed by atoms with van der Waals surface area (Å²) in [5.41, 5.74) is 2.14. The largest absolute Gasteiger partial charge is 0.311 e. The molecule has 0 bridgehead atoms. The standard InChI is InChI=1S/C17H26N4/c1-15-7-2-4-10-20(15)12-6-9-18-13-16-14-21-11-5-3-8-17(21)19-16/h3,5,8,11,14-15,18H,2,4,6-7,9-10,12-13H2,1H3. The lowest BCUT2D eigenvalue weighted by molar-refractivity contribution is 0.159. The summed E-state index contributed by atoms with van der Waals surface area (Å²) in [7, 11) is 0. The first-order chi connectivity index (χ1) is 10.3. The number of piperidine rings is 1. The SMILES string of the molecule is CC1CCCCN1CCCNCc1cn2ccccc2n1. The average molecular weight is 286 g/mol. The maximum absolute atomic E-state index is 4.60. The predicted molar refractivity (Wildman–Crippen MR) is 86.4 cm³/mol. The molecule has 3 heterocycles. The second kappa shape index (κ2) is 7.05. The van der Waals surface area contributed by atoms with Gasteiger partial charge in [-0.25, -0.2) is 4.98 Å². The molecule has 0 aromatic carbocycles. The van der Waals surface area contributed by atoms with Crippen LogP contribution in [0.4, 0.5) is 0 Å². The van der Waals surface area contributed by atoms with Gasteiger partial charge in [0.05, 0.1) is 5.69 Å². The molecule has 1 aliphatic heterocycles. The Kier molecular flexibility index (Phi) is 4.88. The van der Waals surface area contributed by atoms with Crippen molar-refractivity contribution in [1.29, 1.82) is 0 Å². The molecule has 0 spiro atoms. The molecule has 2 aromatic heterocycles. The number of rotatable bonds is 6. The van der Waals surface area contributed by atoms with Crippen molar-refractivity contribution in [1.82, 2.24) is 19.6 Å². The molecule has 4 heteroatoms. The van der Waals surface area contributed by atoms with Crippen LogP contribution in [0.25, 0.3) is 5.65 Å². The molecule has 2 aromatic rings. The number of hydrogen-bond donors (Lipinski definition) is 1. The van der Waals surface area contributed by atoms with Gasteiger partial charge in [-0.2, -0.15) is 0 Å². The van der Waals surface area contributed by atoms with Crippen LogP contribution in [0, 0.1) is 0 Å². The van der Waals surface area contributed by atoms with Crippen LogP contribution in [0.2, 0.25) is 0 Å². The molecule has 0 radical (unpaired) electrons. The molecule has 0 amide bonds. The van der Waals surface area contributed by atoms with Crippen LogP contribution in [-0.2, 0) is 6.54 Å². The number of likely N-dealkylation sites (tertiary alicyclic amines) is 1. The molecule has 1 unspecified atom stereocenters. The Hall–Kier alpha value is -1.39. The number of imidazole rings is 1. The van der Waals surface area contributed by atoms with E-state index in [1.165, 1.54) is 38.8 Å². The third-order valence-corrected chi connectivity index (χ3v) is 4.46. The van der Waals surface area contributed by atoms with E-state index in [9.17, 15) is 0 Å². The minimum atomic E-state index is 0.775. The van der Waals surface area contributed by atoms with Crippen LogP contribution in [0.3, 0.4) is 0 Å². The zero-order valence-corrected chi connectivity index (χ0v) is 13.0. The zero-order chi connectivity index (χ0) is 14.5. The van der Waals surface area contributed by atoms with Gasteiger partial charge in [0.25, 0.3) is 0 Å².